The predicted octanol–water partition coefficient (Wildman–Crippen LogP) is 2.19. The van der Waals surface area contributed by atoms with Gasteiger partial charge in [0, 0.05) is 30.5 Å². The lowest BCUT2D eigenvalue weighted by Gasteiger charge is -2.08. The van der Waals surface area contributed by atoms with Crippen molar-refractivity contribution in [3.05, 3.63) is 36.5 Å². The van der Waals surface area contributed by atoms with Crippen molar-refractivity contribution in [3.63, 3.8) is 0 Å². The van der Waals surface area contributed by atoms with Crippen molar-refractivity contribution in [2.75, 3.05) is 11.2 Å². The van der Waals surface area contributed by atoms with Crippen LogP contribution >= 0.6 is 21.6 Å². The Morgan fingerprint density at radius 2 is 2.00 bits per heavy atom. The highest BCUT2D eigenvalue weighted by Crippen LogP contribution is 2.29. The molecule has 3 N–H and O–H groups in total. The van der Waals surface area contributed by atoms with Crippen LogP contribution in [0.5, 0.6) is 11.8 Å². The molecule has 0 spiro atoms. The third-order valence-corrected chi connectivity index (χ3v) is 4.54. The molecule has 2 aromatic heterocycles. The van der Waals surface area contributed by atoms with Crippen LogP contribution in [0.15, 0.2) is 41.6 Å². The van der Waals surface area contributed by atoms with Gasteiger partial charge in [-0.2, -0.15) is 4.68 Å². The van der Waals surface area contributed by atoms with Gasteiger partial charge < -0.3 is 10.2 Å². The maximum Gasteiger partial charge on any atom is 0.239 e. The van der Waals surface area contributed by atoms with Crippen molar-refractivity contribution >= 4 is 27.5 Å². The van der Waals surface area contributed by atoms with Crippen molar-refractivity contribution in [1.29, 1.82) is 0 Å². The lowest BCUT2D eigenvalue weighted by Crippen LogP contribution is -2.22. The fraction of sp³-hybridized carbons (Fsp3) is 0.167. The minimum atomic E-state index is -0.291. The number of rotatable bonds is 6. The van der Waals surface area contributed by atoms with E-state index in [0.29, 0.717) is 5.75 Å². The summed E-state index contributed by atoms with van der Waals surface area (Å²) in [6, 6.07) is 8.23. The molecule has 2 rings (SSSR count). The zero-order chi connectivity index (χ0) is 14.4. The molecule has 0 aromatic carbocycles. The number of nitrogens with zero attached hydrogens (tertiary/aromatic N) is 2. The van der Waals surface area contributed by atoms with Crippen molar-refractivity contribution in [2.45, 2.75) is 11.4 Å². The third kappa shape index (κ3) is 4.10. The lowest BCUT2D eigenvalue weighted by atomic mass is 10.5. The number of nitrogens with one attached hydrogen (secondary N) is 1. The largest absolute Gasteiger partial charge is 0.493 e. The molecule has 8 heteroatoms. The van der Waals surface area contributed by atoms with E-state index in [4.69, 9.17) is 0 Å². The molecule has 2 aromatic rings. The highest BCUT2D eigenvalue weighted by Gasteiger charge is 2.09. The van der Waals surface area contributed by atoms with Crippen LogP contribution in [0, 0.1) is 0 Å². The molecular weight excluding hydrogens is 298 g/mol. The summed E-state index contributed by atoms with van der Waals surface area (Å²) in [6.07, 6.45) is 1.98. The summed E-state index contributed by atoms with van der Waals surface area (Å²) < 4.78 is 0.929. The molecule has 6 nitrogen and oxygen atoms in total. The van der Waals surface area contributed by atoms with E-state index in [2.05, 4.69) is 10.4 Å². The normalized spacial score (nSPS) is 10.4. The monoisotopic (exact) mass is 311 g/mol. The van der Waals surface area contributed by atoms with E-state index in [-0.39, 0.29) is 24.1 Å². The molecule has 0 bridgehead atoms. The number of amides is 1. The Hall–Kier alpha value is -1.80. The molecule has 2 heterocycles. The molecule has 0 saturated carbocycles. The molecule has 0 fully saturated rings. The van der Waals surface area contributed by atoms with Gasteiger partial charge in [-0.3, -0.25) is 10.2 Å². The summed E-state index contributed by atoms with van der Waals surface area (Å²) >= 11 is 0. The minimum Gasteiger partial charge on any atom is -0.493 e. The van der Waals surface area contributed by atoms with Gasteiger partial charge in [0.15, 0.2) is 0 Å². The van der Waals surface area contributed by atoms with Crippen LogP contribution in [0.4, 0.5) is 0 Å². The molecule has 0 radical (unpaired) electrons. The number of hydrogen-bond acceptors (Lipinski definition) is 6. The van der Waals surface area contributed by atoms with Gasteiger partial charge >= 0.3 is 0 Å². The molecular formula is C12H13N3O3S2. The molecule has 0 atom stereocenters. The van der Waals surface area contributed by atoms with Gasteiger partial charge in [0.1, 0.15) is 5.03 Å². The van der Waals surface area contributed by atoms with Crippen molar-refractivity contribution in [2.24, 2.45) is 0 Å². The SMILES string of the molecule is O=C(CCSSc1ccccn1)Nn1c(O)ccc1O. The summed E-state index contributed by atoms with van der Waals surface area (Å²) in [4.78, 5) is 15.8. The van der Waals surface area contributed by atoms with Gasteiger partial charge in [0.25, 0.3) is 0 Å². The Balaban J connectivity index is 1.71. The zero-order valence-electron chi connectivity index (χ0n) is 10.4. The van der Waals surface area contributed by atoms with Gasteiger partial charge in [0.2, 0.25) is 17.7 Å². The molecule has 1 amide bonds. The maximum absolute atomic E-state index is 11.6. The van der Waals surface area contributed by atoms with E-state index in [1.807, 2.05) is 18.2 Å². The van der Waals surface area contributed by atoms with Crippen LogP contribution in [-0.4, -0.2) is 31.5 Å². The highest BCUT2D eigenvalue weighted by atomic mass is 33.1. The van der Waals surface area contributed by atoms with E-state index in [9.17, 15) is 15.0 Å². The Morgan fingerprint density at radius 1 is 1.25 bits per heavy atom. The fourth-order valence-electron chi connectivity index (χ4n) is 1.34. The highest BCUT2D eigenvalue weighted by molar-refractivity contribution is 8.76. The van der Waals surface area contributed by atoms with E-state index in [1.54, 1.807) is 6.20 Å². The summed E-state index contributed by atoms with van der Waals surface area (Å²) in [5, 5.41) is 19.6. The molecule has 0 unspecified atom stereocenters. The quantitative estimate of drug-likeness (QED) is 0.560. The van der Waals surface area contributed by atoms with Gasteiger partial charge in [-0.15, -0.1) is 0 Å². The predicted molar refractivity (Wildman–Crippen MR) is 79.3 cm³/mol. The summed E-state index contributed by atoms with van der Waals surface area (Å²) in [7, 11) is 3.01. The number of carbonyl (C=O) groups excluding carboxylic acids is 1. The van der Waals surface area contributed by atoms with Gasteiger partial charge in [-0.05, 0) is 22.9 Å². The first-order valence-corrected chi connectivity index (χ1v) is 8.09. The van der Waals surface area contributed by atoms with Crippen LogP contribution in [0.1, 0.15) is 6.42 Å². The van der Waals surface area contributed by atoms with Gasteiger partial charge in [-0.1, -0.05) is 16.9 Å². The van der Waals surface area contributed by atoms with E-state index < -0.39 is 0 Å². The van der Waals surface area contributed by atoms with E-state index in [0.717, 1.165) is 9.70 Å². The first-order chi connectivity index (χ1) is 9.66. The smallest absolute Gasteiger partial charge is 0.239 e. The van der Waals surface area contributed by atoms with Crippen LogP contribution < -0.4 is 5.43 Å². The van der Waals surface area contributed by atoms with E-state index >= 15 is 0 Å². The molecule has 20 heavy (non-hydrogen) atoms. The van der Waals surface area contributed by atoms with Crippen LogP contribution in [0.25, 0.3) is 0 Å². The Morgan fingerprint density at radius 3 is 2.65 bits per heavy atom. The van der Waals surface area contributed by atoms with Crippen LogP contribution in [0.3, 0.4) is 0 Å². The second-order valence-corrected chi connectivity index (χ2v) is 6.18. The minimum absolute atomic E-state index is 0.216. The van der Waals surface area contributed by atoms with Crippen LogP contribution in [-0.2, 0) is 4.79 Å². The first kappa shape index (κ1) is 14.6. The topological polar surface area (TPSA) is 87.4 Å². The second-order valence-electron chi connectivity index (χ2n) is 3.74. The second kappa shape index (κ2) is 7.11. The number of carbonyl (C=O) groups is 1. The summed E-state index contributed by atoms with van der Waals surface area (Å²) in [6.45, 7) is 0. The molecule has 0 aliphatic carbocycles. The van der Waals surface area contributed by atoms with Crippen molar-refractivity contribution < 1.29 is 15.0 Å². The van der Waals surface area contributed by atoms with Crippen molar-refractivity contribution in [1.82, 2.24) is 9.66 Å². The number of aromatic hydroxyl groups is 2. The zero-order valence-corrected chi connectivity index (χ0v) is 12.0. The Bertz CT molecular complexity index is 555. The maximum atomic E-state index is 11.6. The average molecular weight is 311 g/mol. The van der Waals surface area contributed by atoms with Gasteiger partial charge in [0.05, 0.1) is 0 Å². The molecule has 0 saturated heterocycles. The molecule has 106 valence electrons. The van der Waals surface area contributed by atoms with Crippen LogP contribution in [0.2, 0.25) is 0 Å². The average Bonchev–Trinajstić information content (AvgIpc) is 2.77. The van der Waals surface area contributed by atoms with Gasteiger partial charge in [-0.25, -0.2) is 4.98 Å². The van der Waals surface area contributed by atoms with E-state index in [1.165, 1.54) is 33.7 Å². The number of hydrogen-bond donors (Lipinski definition) is 3. The Kier molecular flexibility index (Phi) is 5.19. The number of pyridine rings is 1. The summed E-state index contributed by atoms with van der Waals surface area (Å²) in [5.41, 5.74) is 2.40. The fourth-order valence-corrected chi connectivity index (χ4v) is 3.21. The molecule has 0 aliphatic rings. The lowest BCUT2D eigenvalue weighted by molar-refractivity contribution is -0.116. The molecule has 0 aliphatic heterocycles. The standard InChI is InChI=1S/C12H13N3O3S2/c16-9(14-15-11(17)4-5-12(15)18)6-8-19-20-10-3-1-2-7-13-10/h1-5,7,17-18H,6,8H2,(H,14,16). The van der Waals surface area contributed by atoms with Crippen molar-refractivity contribution in [3.8, 4) is 11.8 Å². The first-order valence-electron chi connectivity index (χ1n) is 5.77. The Labute approximate surface area is 123 Å². The third-order valence-electron chi connectivity index (χ3n) is 2.27. The summed E-state index contributed by atoms with van der Waals surface area (Å²) in [5.74, 6) is -0.130. The number of aromatic nitrogens is 2.